The van der Waals surface area contributed by atoms with E-state index in [1.807, 2.05) is 0 Å². The molecule has 0 saturated carbocycles. The lowest BCUT2D eigenvalue weighted by atomic mass is 10.2. The van der Waals surface area contributed by atoms with E-state index >= 15 is 0 Å². The Bertz CT molecular complexity index is 926. The summed E-state index contributed by atoms with van der Waals surface area (Å²) in [4.78, 5) is 21.6. The van der Waals surface area contributed by atoms with Crippen molar-refractivity contribution in [2.24, 2.45) is 10.3 Å². The Kier molecular flexibility index (Phi) is 6.74. The van der Waals surface area contributed by atoms with Crippen LogP contribution in [0, 0.1) is 16.0 Å². The van der Waals surface area contributed by atoms with Gasteiger partial charge >= 0.3 is 5.97 Å². The first-order chi connectivity index (χ1) is 12.8. The molecule has 9 nitrogen and oxygen atoms in total. The minimum atomic E-state index is -4.18. The van der Waals surface area contributed by atoms with E-state index in [2.05, 4.69) is 4.40 Å². The van der Waals surface area contributed by atoms with Crippen LogP contribution in [-0.4, -0.2) is 37.2 Å². The van der Waals surface area contributed by atoms with E-state index < -0.39 is 33.4 Å². The summed E-state index contributed by atoms with van der Waals surface area (Å²) >= 11 is 0. The number of carbonyl (C=O) groups excluding carboxylic acids is 1. The molecule has 0 aliphatic heterocycles. The van der Waals surface area contributed by atoms with Crippen LogP contribution in [0.2, 0.25) is 0 Å². The Morgan fingerprint density at radius 1 is 1.19 bits per heavy atom. The van der Waals surface area contributed by atoms with Crippen molar-refractivity contribution in [3.05, 3.63) is 70.3 Å². The Morgan fingerprint density at radius 2 is 1.81 bits per heavy atom. The van der Waals surface area contributed by atoms with Crippen molar-refractivity contribution < 1.29 is 28.0 Å². The first kappa shape index (κ1) is 20.2. The first-order valence-corrected chi connectivity index (χ1v) is 9.14. The zero-order valence-corrected chi connectivity index (χ0v) is 14.8. The number of sulfonamides is 1. The largest absolute Gasteiger partial charge is 0.460 e. The second-order valence-electron chi connectivity index (χ2n) is 5.36. The van der Waals surface area contributed by atoms with Crippen LogP contribution < -0.4 is 0 Å². The third kappa shape index (κ3) is 5.69. The fraction of sp³-hybridized carbons (Fsp3) is 0.176. The van der Waals surface area contributed by atoms with Crippen LogP contribution in [0.1, 0.15) is 5.56 Å². The number of aliphatic hydroxyl groups excluding tert-OH is 1. The van der Waals surface area contributed by atoms with Crippen LogP contribution in [-0.2, 0) is 26.2 Å². The third-order valence-corrected chi connectivity index (χ3v) is 4.72. The van der Waals surface area contributed by atoms with Crippen molar-refractivity contribution in [1.29, 1.82) is 0 Å². The number of esters is 1. The molecule has 10 heteroatoms. The maximum absolute atomic E-state index is 12.1. The molecule has 0 heterocycles. The van der Waals surface area contributed by atoms with Gasteiger partial charge in [-0.1, -0.05) is 30.3 Å². The van der Waals surface area contributed by atoms with E-state index in [4.69, 9.17) is 4.74 Å². The highest BCUT2D eigenvalue weighted by Crippen LogP contribution is 2.17. The van der Waals surface area contributed by atoms with Gasteiger partial charge in [0.25, 0.3) is 15.7 Å². The fourth-order valence-electron chi connectivity index (χ4n) is 1.97. The SMILES string of the molecule is O=C(OCc1ccccc1)C(/C=N/S(=O)(=O)c1ccc([N+](=O)[O-])cc1)CO. The average Bonchev–Trinajstić information content (AvgIpc) is 2.67. The highest BCUT2D eigenvalue weighted by molar-refractivity contribution is 7.90. The van der Waals surface area contributed by atoms with Crippen molar-refractivity contribution in [3.63, 3.8) is 0 Å². The van der Waals surface area contributed by atoms with Crippen molar-refractivity contribution in [1.82, 2.24) is 0 Å². The summed E-state index contributed by atoms with van der Waals surface area (Å²) in [6.45, 7) is -0.716. The van der Waals surface area contributed by atoms with Gasteiger partial charge in [0.2, 0.25) is 0 Å². The Hall–Kier alpha value is -3.11. The van der Waals surface area contributed by atoms with Crippen LogP contribution in [0.3, 0.4) is 0 Å². The molecular formula is C17H16N2O7S. The normalized spacial score (nSPS) is 12.6. The molecular weight excluding hydrogens is 376 g/mol. The molecule has 142 valence electrons. The van der Waals surface area contributed by atoms with Gasteiger partial charge in [-0.2, -0.15) is 12.8 Å². The number of nitro benzene ring substituents is 1. The van der Waals surface area contributed by atoms with Gasteiger partial charge < -0.3 is 9.84 Å². The van der Waals surface area contributed by atoms with Crippen molar-refractivity contribution >= 4 is 27.9 Å². The van der Waals surface area contributed by atoms with Crippen molar-refractivity contribution in [2.45, 2.75) is 11.5 Å². The number of non-ortho nitro benzene ring substituents is 1. The molecule has 0 amide bonds. The Balaban J connectivity index is 2.05. The summed E-state index contributed by atoms with van der Waals surface area (Å²) in [5, 5.41) is 19.9. The summed E-state index contributed by atoms with van der Waals surface area (Å²) < 4.78 is 32.7. The van der Waals surface area contributed by atoms with Gasteiger partial charge in [0.1, 0.15) is 12.5 Å². The molecule has 0 spiro atoms. The van der Waals surface area contributed by atoms with Gasteiger partial charge in [-0.15, -0.1) is 0 Å². The molecule has 0 fully saturated rings. The van der Waals surface area contributed by atoms with Crippen molar-refractivity contribution in [3.8, 4) is 0 Å². The molecule has 1 unspecified atom stereocenters. The van der Waals surface area contributed by atoms with E-state index in [0.29, 0.717) is 0 Å². The molecule has 0 aliphatic rings. The maximum atomic E-state index is 12.1. The number of benzene rings is 2. The molecule has 2 aromatic rings. The second-order valence-corrected chi connectivity index (χ2v) is 7.00. The van der Waals surface area contributed by atoms with Crippen molar-refractivity contribution in [2.75, 3.05) is 6.61 Å². The molecule has 0 bridgehead atoms. The van der Waals surface area contributed by atoms with E-state index in [1.165, 1.54) is 0 Å². The Morgan fingerprint density at radius 3 is 2.37 bits per heavy atom. The zero-order chi connectivity index (χ0) is 19.9. The summed E-state index contributed by atoms with van der Waals surface area (Å²) in [6, 6.07) is 13.0. The van der Waals surface area contributed by atoms with Crippen LogP contribution in [0.15, 0.2) is 63.9 Å². The minimum Gasteiger partial charge on any atom is -0.460 e. The summed E-state index contributed by atoms with van der Waals surface area (Å²) in [7, 11) is -4.18. The molecule has 0 radical (unpaired) electrons. The lowest BCUT2D eigenvalue weighted by Gasteiger charge is -2.09. The van der Waals surface area contributed by atoms with Crippen LogP contribution in [0.4, 0.5) is 5.69 Å². The van der Waals surface area contributed by atoms with Gasteiger partial charge in [0, 0.05) is 18.3 Å². The van der Waals surface area contributed by atoms with Gasteiger partial charge in [-0.05, 0) is 17.7 Å². The summed E-state index contributed by atoms with van der Waals surface area (Å²) in [5.74, 6) is -2.09. The molecule has 27 heavy (non-hydrogen) atoms. The number of aliphatic hydroxyl groups is 1. The van der Waals surface area contributed by atoms with Crippen LogP contribution in [0.5, 0.6) is 0 Å². The molecule has 0 saturated heterocycles. The number of hydrogen-bond acceptors (Lipinski definition) is 7. The average molecular weight is 392 g/mol. The van der Waals surface area contributed by atoms with E-state index in [-0.39, 0.29) is 17.2 Å². The van der Waals surface area contributed by atoms with Gasteiger partial charge in [0.15, 0.2) is 0 Å². The second kappa shape index (κ2) is 9.01. The number of rotatable bonds is 8. The molecule has 2 rings (SSSR count). The first-order valence-electron chi connectivity index (χ1n) is 7.70. The van der Waals surface area contributed by atoms with E-state index in [0.717, 1.165) is 36.0 Å². The summed E-state index contributed by atoms with van der Waals surface area (Å²) in [6.07, 6.45) is 0.782. The standard InChI is InChI=1S/C17H16N2O7S/c20-11-14(17(21)26-12-13-4-2-1-3-5-13)10-18-27(24,25)16-8-6-15(7-9-16)19(22)23/h1-10,14,20H,11-12H2/b18-10+. The maximum Gasteiger partial charge on any atom is 0.317 e. The smallest absolute Gasteiger partial charge is 0.317 e. The van der Waals surface area contributed by atoms with E-state index in [1.54, 1.807) is 30.3 Å². The lowest BCUT2D eigenvalue weighted by molar-refractivity contribution is -0.384. The minimum absolute atomic E-state index is 0.0287. The molecule has 1 N–H and O–H groups in total. The van der Waals surface area contributed by atoms with Crippen LogP contribution in [0.25, 0.3) is 0 Å². The fourth-order valence-corrected chi connectivity index (χ4v) is 2.88. The highest BCUT2D eigenvalue weighted by atomic mass is 32.2. The zero-order valence-electron chi connectivity index (χ0n) is 14.0. The predicted molar refractivity (Wildman–Crippen MR) is 95.6 cm³/mol. The third-order valence-electron chi connectivity index (χ3n) is 3.45. The molecule has 0 aromatic heterocycles. The van der Waals surface area contributed by atoms with Gasteiger partial charge in [0.05, 0.1) is 16.4 Å². The quantitative estimate of drug-likeness (QED) is 0.312. The molecule has 1 atom stereocenters. The number of hydrogen-bond donors (Lipinski definition) is 1. The van der Waals surface area contributed by atoms with Gasteiger partial charge in [-0.3, -0.25) is 14.9 Å². The summed E-state index contributed by atoms with van der Waals surface area (Å²) in [5.41, 5.74) is 0.466. The Labute approximate surface area is 155 Å². The number of nitrogens with zero attached hydrogens (tertiary/aromatic N) is 2. The topological polar surface area (TPSA) is 136 Å². The molecule has 2 aromatic carbocycles. The number of nitro groups is 1. The van der Waals surface area contributed by atoms with E-state index in [9.17, 15) is 28.4 Å². The molecule has 0 aliphatic carbocycles. The number of carbonyl (C=O) groups is 1. The monoisotopic (exact) mass is 392 g/mol. The predicted octanol–water partition coefficient (Wildman–Crippen LogP) is 1.71. The van der Waals surface area contributed by atoms with Crippen LogP contribution >= 0.6 is 0 Å². The van der Waals surface area contributed by atoms with Gasteiger partial charge in [-0.25, -0.2) is 0 Å². The number of ether oxygens (including phenoxy) is 1. The lowest BCUT2D eigenvalue weighted by Crippen LogP contribution is -2.23. The highest BCUT2D eigenvalue weighted by Gasteiger charge is 2.20.